The predicted octanol–water partition coefficient (Wildman–Crippen LogP) is 2.32. The molecular weight excluding hydrogens is 295 g/mol. The summed E-state index contributed by atoms with van der Waals surface area (Å²) < 4.78 is 22.1. The van der Waals surface area contributed by atoms with Crippen LogP contribution in [-0.2, 0) is 9.84 Å². The number of nitrogens with one attached hydrogen (secondary N) is 1. The summed E-state index contributed by atoms with van der Waals surface area (Å²) in [5.74, 6) is 5.60. The normalized spacial score (nSPS) is 13.6. The minimum absolute atomic E-state index is 0.128. The highest BCUT2D eigenvalue weighted by molar-refractivity contribution is 7.90. The molecule has 7 heteroatoms. The van der Waals surface area contributed by atoms with Crippen LogP contribution < -0.4 is 11.3 Å². The van der Waals surface area contributed by atoms with Gasteiger partial charge in [0.2, 0.25) is 0 Å². The summed E-state index contributed by atoms with van der Waals surface area (Å²) in [7, 11) is -2.96. The van der Waals surface area contributed by atoms with Crippen LogP contribution in [-0.4, -0.2) is 20.4 Å². The van der Waals surface area contributed by atoms with E-state index in [0.717, 1.165) is 5.56 Å². The lowest BCUT2D eigenvalue weighted by Crippen LogP contribution is -2.28. The van der Waals surface area contributed by atoms with Gasteiger partial charge in [-0.05, 0) is 36.6 Å². The van der Waals surface area contributed by atoms with E-state index in [4.69, 9.17) is 29.0 Å². The minimum Gasteiger partial charge on any atom is -0.271 e. The van der Waals surface area contributed by atoms with Crippen molar-refractivity contribution in [1.82, 2.24) is 5.43 Å². The molecule has 1 rings (SSSR count). The molecule has 0 saturated carbocycles. The molecule has 0 saturated heterocycles. The number of benzene rings is 1. The molecule has 3 N–H and O–H groups in total. The van der Waals surface area contributed by atoms with Crippen molar-refractivity contribution < 1.29 is 8.42 Å². The molecule has 0 radical (unpaired) electrons. The molecule has 0 aliphatic rings. The van der Waals surface area contributed by atoms with E-state index >= 15 is 0 Å². The van der Waals surface area contributed by atoms with E-state index in [1.807, 2.05) is 0 Å². The number of halogens is 2. The molecule has 0 fully saturated rings. The maximum Gasteiger partial charge on any atom is 0.147 e. The standard InChI is InChI=1S/C11H16Cl2N2O2S/c1-18(16,17)6-2-3-11(15-14)9-7-8(12)4-5-10(9)13/h4-5,7,11,15H,2-3,6,14H2,1H3. The summed E-state index contributed by atoms with van der Waals surface area (Å²) in [6.07, 6.45) is 2.30. The van der Waals surface area contributed by atoms with Crippen LogP contribution in [0, 0.1) is 0 Å². The van der Waals surface area contributed by atoms with Crippen molar-refractivity contribution in [2.75, 3.05) is 12.0 Å². The summed E-state index contributed by atoms with van der Waals surface area (Å²) in [6.45, 7) is 0. The summed E-state index contributed by atoms with van der Waals surface area (Å²) in [4.78, 5) is 0. The Kier molecular flexibility index (Phi) is 5.88. The first-order valence-corrected chi connectivity index (χ1v) is 8.24. The van der Waals surface area contributed by atoms with Crippen molar-refractivity contribution in [2.45, 2.75) is 18.9 Å². The molecule has 0 spiro atoms. The number of hydrogen-bond donors (Lipinski definition) is 2. The molecule has 0 heterocycles. The second-order valence-electron chi connectivity index (χ2n) is 4.16. The molecule has 1 atom stereocenters. The molecule has 0 aliphatic heterocycles. The van der Waals surface area contributed by atoms with Gasteiger partial charge in [0.1, 0.15) is 9.84 Å². The number of rotatable bonds is 6. The van der Waals surface area contributed by atoms with Crippen LogP contribution in [0.1, 0.15) is 24.4 Å². The maximum atomic E-state index is 11.1. The van der Waals surface area contributed by atoms with Gasteiger partial charge in [0.25, 0.3) is 0 Å². The van der Waals surface area contributed by atoms with E-state index in [1.54, 1.807) is 18.2 Å². The third kappa shape index (κ3) is 5.12. The van der Waals surface area contributed by atoms with Gasteiger partial charge in [0.15, 0.2) is 0 Å². The monoisotopic (exact) mass is 310 g/mol. The second-order valence-corrected chi connectivity index (χ2v) is 7.26. The van der Waals surface area contributed by atoms with Crippen molar-refractivity contribution in [2.24, 2.45) is 5.84 Å². The van der Waals surface area contributed by atoms with Crippen molar-refractivity contribution in [1.29, 1.82) is 0 Å². The second kappa shape index (κ2) is 6.73. The fraction of sp³-hybridized carbons (Fsp3) is 0.455. The molecule has 0 aliphatic carbocycles. The van der Waals surface area contributed by atoms with E-state index < -0.39 is 9.84 Å². The Bertz CT molecular complexity index is 506. The van der Waals surface area contributed by atoms with E-state index in [-0.39, 0.29) is 11.8 Å². The summed E-state index contributed by atoms with van der Waals surface area (Å²) >= 11 is 12.0. The molecule has 0 aromatic heterocycles. The largest absolute Gasteiger partial charge is 0.271 e. The molecule has 4 nitrogen and oxygen atoms in total. The quantitative estimate of drug-likeness (QED) is 0.625. The average molecular weight is 311 g/mol. The summed E-state index contributed by atoms with van der Waals surface area (Å²) in [6, 6.07) is 4.91. The number of hydrazine groups is 1. The molecule has 1 aromatic rings. The zero-order valence-corrected chi connectivity index (χ0v) is 12.3. The first-order valence-electron chi connectivity index (χ1n) is 5.42. The lowest BCUT2D eigenvalue weighted by atomic mass is 10.0. The van der Waals surface area contributed by atoms with Crippen LogP contribution in [0.5, 0.6) is 0 Å². The zero-order chi connectivity index (χ0) is 13.8. The van der Waals surface area contributed by atoms with Gasteiger partial charge in [-0.2, -0.15) is 0 Å². The molecule has 0 amide bonds. The summed E-state index contributed by atoms with van der Waals surface area (Å²) in [5, 5.41) is 1.12. The molecular formula is C11H16Cl2N2O2S. The highest BCUT2D eigenvalue weighted by Gasteiger charge is 2.14. The van der Waals surface area contributed by atoms with E-state index in [2.05, 4.69) is 5.43 Å². The Morgan fingerprint density at radius 2 is 2.06 bits per heavy atom. The van der Waals surface area contributed by atoms with Gasteiger partial charge in [0, 0.05) is 28.1 Å². The summed E-state index contributed by atoms with van der Waals surface area (Å²) in [5.41, 5.74) is 3.41. The molecule has 102 valence electrons. The Morgan fingerprint density at radius 1 is 1.39 bits per heavy atom. The lowest BCUT2D eigenvalue weighted by Gasteiger charge is -2.17. The highest BCUT2D eigenvalue weighted by Crippen LogP contribution is 2.28. The Balaban J connectivity index is 2.74. The van der Waals surface area contributed by atoms with Gasteiger partial charge in [-0.3, -0.25) is 11.3 Å². The van der Waals surface area contributed by atoms with Crippen LogP contribution in [0.4, 0.5) is 0 Å². The van der Waals surface area contributed by atoms with E-state index in [1.165, 1.54) is 6.26 Å². The van der Waals surface area contributed by atoms with Crippen LogP contribution in [0.15, 0.2) is 18.2 Å². The van der Waals surface area contributed by atoms with Crippen molar-refractivity contribution in [3.63, 3.8) is 0 Å². The minimum atomic E-state index is -2.96. The lowest BCUT2D eigenvalue weighted by molar-refractivity contribution is 0.508. The van der Waals surface area contributed by atoms with Crippen molar-refractivity contribution in [3.8, 4) is 0 Å². The van der Waals surface area contributed by atoms with Crippen LogP contribution in [0.25, 0.3) is 0 Å². The van der Waals surface area contributed by atoms with Gasteiger partial charge in [-0.15, -0.1) is 0 Å². The Labute approximate surface area is 117 Å². The van der Waals surface area contributed by atoms with Crippen molar-refractivity contribution in [3.05, 3.63) is 33.8 Å². The van der Waals surface area contributed by atoms with E-state index in [9.17, 15) is 8.42 Å². The number of hydrogen-bond acceptors (Lipinski definition) is 4. The van der Waals surface area contributed by atoms with Gasteiger partial charge in [0.05, 0.1) is 0 Å². The third-order valence-electron chi connectivity index (χ3n) is 2.54. The Hall–Kier alpha value is -0.330. The SMILES string of the molecule is CS(=O)(=O)CCCC(NN)c1cc(Cl)ccc1Cl. The number of sulfone groups is 1. The van der Waals surface area contributed by atoms with Crippen molar-refractivity contribution >= 4 is 33.0 Å². The Morgan fingerprint density at radius 3 is 2.61 bits per heavy atom. The maximum absolute atomic E-state index is 11.1. The topological polar surface area (TPSA) is 72.2 Å². The van der Waals surface area contributed by atoms with Gasteiger partial charge >= 0.3 is 0 Å². The van der Waals surface area contributed by atoms with Crippen LogP contribution >= 0.6 is 23.2 Å². The molecule has 0 bridgehead atoms. The predicted molar refractivity (Wildman–Crippen MR) is 75.5 cm³/mol. The smallest absolute Gasteiger partial charge is 0.147 e. The van der Waals surface area contributed by atoms with Gasteiger partial charge in [-0.1, -0.05) is 23.2 Å². The first kappa shape index (κ1) is 15.7. The number of nitrogens with two attached hydrogens (primary N) is 1. The fourth-order valence-corrected chi connectivity index (χ4v) is 2.78. The first-order chi connectivity index (χ1) is 8.33. The van der Waals surface area contributed by atoms with E-state index in [0.29, 0.717) is 22.9 Å². The highest BCUT2D eigenvalue weighted by atomic mass is 35.5. The van der Waals surface area contributed by atoms with Crippen LogP contribution in [0.3, 0.4) is 0 Å². The van der Waals surface area contributed by atoms with Crippen LogP contribution in [0.2, 0.25) is 10.0 Å². The average Bonchev–Trinajstić information content (AvgIpc) is 2.27. The van der Waals surface area contributed by atoms with Gasteiger partial charge in [-0.25, -0.2) is 8.42 Å². The fourth-order valence-electron chi connectivity index (χ4n) is 1.66. The molecule has 1 unspecified atom stereocenters. The zero-order valence-electron chi connectivity index (χ0n) is 9.99. The third-order valence-corrected chi connectivity index (χ3v) is 4.15. The van der Waals surface area contributed by atoms with Gasteiger partial charge < -0.3 is 0 Å². The molecule has 1 aromatic carbocycles. The molecule has 18 heavy (non-hydrogen) atoms.